The zero-order chi connectivity index (χ0) is 16.5. The summed E-state index contributed by atoms with van der Waals surface area (Å²) in [5.74, 6) is 0. The summed E-state index contributed by atoms with van der Waals surface area (Å²) in [6.45, 7) is 4.33. The molecule has 0 radical (unpaired) electrons. The van der Waals surface area contributed by atoms with Crippen LogP contribution in [0.2, 0.25) is 4.47 Å². The van der Waals surface area contributed by atoms with E-state index in [0.29, 0.717) is 0 Å². The van der Waals surface area contributed by atoms with Gasteiger partial charge in [-0.1, -0.05) is 0 Å². The second-order valence-corrected chi connectivity index (χ2v) is 9.41. The average molecular weight is 440 g/mol. The van der Waals surface area contributed by atoms with Gasteiger partial charge in [0.25, 0.3) is 0 Å². The first-order valence-electron chi connectivity index (χ1n) is 8.00. The second-order valence-electron chi connectivity index (χ2n) is 5.47. The zero-order valence-corrected chi connectivity index (χ0v) is 16.9. The zero-order valence-electron chi connectivity index (χ0n) is 13.7. The molecule has 122 valence electrons. The summed E-state index contributed by atoms with van der Waals surface area (Å²) in [5.41, 5.74) is 2.24. The van der Waals surface area contributed by atoms with Gasteiger partial charge in [-0.15, -0.1) is 0 Å². The molecule has 1 N–H and O–H groups in total. The van der Waals surface area contributed by atoms with Gasteiger partial charge in [0, 0.05) is 0 Å². The standard InChI is InChI=1S/C20H24OSTe/c1-3-4-14-23-15-19(20(21)17-8-6-5-7-9-17)22-18-12-10-16(2)11-13-18/h5-13,15,20-21H,3-4,14H2,1-2H3/b19-15-. The number of hydrogen-bond donors (Lipinski definition) is 1. The molecule has 0 fully saturated rings. The number of thioether (sulfide) groups is 1. The number of aliphatic hydroxyl groups is 1. The predicted octanol–water partition coefficient (Wildman–Crippen LogP) is 5.58. The Labute approximate surface area is 154 Å². The van der Waals surface area contributed by atoms with Crippen LogP contribution in [-0.4, -0.2) is 26.0 Å². The normalized spacial score (nSPS) is 13.1. The number of hydrogen-bond acceptors (Lipinski definition) is 2. The van der Waals surface area contributed by atoms with Crippen molar-refractivity contribution in [3.63, 3.8) is 0 Å². The average Bonchev–Trinajstić information content (AvgIpc) is 2.59. The molecule has 2 rings (SSSR count). The van der Waals surface area contributed by atoms with Crippen molar-refractivity contribution >= 4 is 32.7 Å². The van der Waals surface area contributed by atoms with Crippen LogP contribution in [0, 0.1) is 6.92 Å². The minimum atomic E-state index is -0.519. The molecule has 0 aliphatic rings. The molecule has 2 aromatic carbocycles. The third kappa shape index (κ3) is 6.35. The van der Waals surface area contributed by atoms with Crippen LogP contribution in [0.1, 0.15) is 37.0 Å². The van der Waals surface area contributed by atoms with Crippen LogP contribution in [0.3, 0.4) is 0 Å². The van der Waals surface area contributed by atoms with Crippen LogP contribution in [0.25, 0.3) is 0 Å². The summed E-state index contributed by atoms with van der Waals surface area (Å²) in [6.07, 6.45) is 2.03. The van der Waals surface area contributed by atoms with Crippen LogP contribution in [0.4, 0.5) is 0 Å². The Morgan fingerprint density at radius 3 is 2.48 bits per heavy atom. The molecule has 0 amide bonds. The molecule has 0 saturated carbocycles. The van der Waals surface area contributed by atoms with E-state index in [9.17, 15) is 5.11 Å². The molecule has 0 bridgehead atoms. The van der Waals surface area contributed by atoms with Crippen LogP contribution in [0.5, 0.6) is 0 Å². The van der Waals surface area contributed by atoms with Crippen LogP contribution < -0.4 is 0 Å². The fourth-order valence-electron chi connectivity index (χ4n) is 2.06. The molecule has 0 saturated heterocycles. The fraction of sp³-hybridized carbons (Fsp3) is 0.300. The Balaban J connectivity index is 2.15. The van der Waals surface area contributed by atoms with E-state index in [0.717, 1.165) is 10.5 Å². The van der Waals surface area contributed by atoms with Crippen molar-refractivity contribution in [2.75, 3.05) is 0 Å². The SMILES string of the molecule is CCCC[Te]/C=C(\Sc1ccc(C)cc1)C(O)c1ccccc1. The summed E-state index contributed by atoms with van der Waals surface area (Å²) in [4.78, 5) is 2.28. The van der Waals surface area contributed by atoms with Gasteiger partial charge in [0.1, 0.15) is 0 Å². The van der Waals surface area contributed by atoms with Gasteiger partial charge in [-0.3, -0.25) is 0 Å². The summed E-state index contributed by atoms with van der Waals surface area (Å²) < 4.78 is 3.64. The Bertz CT molecular complexity index is 607. The Morgan fingerprint density at radius 1 is 1.13 bits per heavy atom. The van der Waals surface area contributed by atoms with E-state index in [-0.39, 0.29) is 20.9 Å². The van der Waals surface area contributed by atoms with Crippen LogP contribution >= 0.6 is 11.8 Å². The second kappa shape index (κ2) is 10.2. The van der Waals surface area contributed by atoms with Crippen LogP contribution in [0.15, 0.2) is 68.5 Å². The first-order valence-corrected chi connectivity index (χ1v) is 11.8. The maximum atomic E-state index is 10.8. The molecule has 0 aliphatic carbocycles. The summed E-state index contributed by atoms with van der Waals surface area (Å²) in [6, 6.07) is 18.5. The molecule has 23 heavy (non-hydrogen) atoms. The van der Waals surface area contributed by atoms with Crippen LogP contribution in [-0.2, 0) is 0 Å². The number of benzene rings is 2. The van der Waals surface area contributed by atoms with Crippen molar-refractivity contribution in [2.24, 2.45) is 0 Å². The Morgan fingerprint density at radius 2 is 1.83 bits per heavy atom. The van der Waals surface area contributed by atoms with E-state index in [2.05, 4.69) is 42.2 Å². The van der Waals surface area contributed by atoms with Gasteiger partial charge >= 0.3 is 155 Å². The van der Waals surface area contributed by atoms with Crippen molar-refractivity contribution in [1.82, 2.24) is 0 Å². The van der Waals surface area contributed by atoms with Gasteiger partial charge in [-0.2, -0.15) is 0 Å². The Kier molecular flexibility index (Phi) is 8.26. The molecule has 3 heteroatoms. The molecular formula is C20H24OSTe. The van der Waals surface area contributed by atoms with E-state index >= 15 is 0 Å². The molecule has 0 aromatic heterocycles. The molecule has 1 unspecified atom stereocenters. The van der Waals surface area contributed by atoms with Crippen molar-refractivity contribution in [3.05, 3.63) is 74.8 Å². The first kappa shape index (κ1) is 18.6. The molecule has 0 aliphatic heterocycles. The molecule has 1 nitrogen and oxygen atoms in total. The molecular weight excluding hydrogens is 416 g/mol. The quantitative estimate of drug-likeness (QED) is 0.329. The van der Waals surface area contributed by atoms with Gasteiger partial charge in [-0.25, -0.2) is 0 Å². The third-order valence-electron chi connectivity index (χ3n) is 3.46. The van der Waals surface area contributed by atoms with E-state index < -0.39 is 6.10 Å². The molecule has 2 aromatic rings. The first-order chi connectivity index (χ1) is 11.2. The van der Waals surface area contributed by atoms with Crippen molar-refractivity contribution < 1.29 is 5.11 Å². The van der Waals surface area contributed by atoms with Crippen molar-refractivity contribution in [3.8, 4) is 0 Å². The monoisotopic (exact) mass is 442 g/mol. The summed E-state index contributed by atoms with van der Waals surface area (Å²) in [7, 11) is 0. The van der Waals surface area contributed by atoms with E-state index in [1.165, 1.54) is 27.8 Å². The van der Waals surface area contributed by atoms with Gasteiger partial charge in [0.2, 0.25) is 0 Å². The van der Waals surface area contributed by atoms with Crippen molar-refractivity contribution in [2.45, 2.75) is 42.2 Å². The minimum absolute atomic E-state index is 0.179. The summed E-state index contributed by atoms with van der Waals surface area (Å²) in [5, 5.41) is 10.8. The Hall–Kier alpha value is -0.720. The van der Waals surface area contributed by atoms with E-state index in [1.807, 2.05) is 30.3 Å². The van der Waals surface area contributed by atoms with Gasteiger partial charge < -0.3 is 0 Å². The molecule has 1 atom stereocenters. The van der Waals surface area contributed by atoms with E-state index in [4.69, 9.17) is 0 Å². The van der Waals surface area contributed by atoms with Crippen molar-refractivity contribution in [1.29, 1.82) is 0 Å². The molecule has 0 heterocycles. The maximum absolute atomic E-state index is 10.8. The summed E-state index contributed by atoms with van der Waals surface area (Å²) >= 11 is 1.52. The predicted molar refractivity (Wildman–Crippen MR) is 102 cm³/mol. The molecule has 0 spiro atoms. The van der Waals surface area contributed by atoms with Gasteiger partial charge in [0.05, 0.1) is 0 Å². The number of aryl methyl sites for hydroxylation is 1. The van der Waals surface area contributed by atoms with Gasteiger partial charge in [0.15, 0.2) is 0 Å². The van der Waals surface area contributed by atoms with E-state index in [1.54, 1.807) is 11.8 Å². The third-order valence-corrected chi connectivity index (χ3v) is 7.70. The topological polar surface area (TPSA) is 20.2 Å². The number of aliphatic hydroxyl groups excluding tert-OH is 1. The van der Waals surface area contributed by atoms with Gasteiger partial charge in [-0.05, 0) is 0 Å². The number of unbranched alkanes of at least 4 members (excludes halogenated alkanes) is 1. The number of rotatable bonds is 8. The fourth-order valence-corrected chi connectivity index (χ4v) is 6.24.